The van der Waals surface area contributed by atoms with Crippen molar-refractivity contribution < 1.29 is 9.53 Å². The number of benzene rings is 1. The summed E-state index contributed by atoms with van der Waals surface area (Å²) in [6, 6.07) is 10.2. The van der Waals surface area contributed by atoms with Gasteiger partial charge in [0.05, 0.1) is 12.7 Å². The molecule has 1 heterocycles. The predicted octanol–water partition coefficient (Wildman–Crippen LogP) is 2.24. The average molecular weight is 304 g/mol. The Morgan fingerprint density at radius 2 is 2.00 bits per heavy atom. The van der Waals surface area contributed by atoms with E-state index in [2.05, 4.69) is 48.7 Å². The molecule has 1 amide bonds. The van der Waals surface area contributed by atoms with Crippen molar-refractivity contribution in [3.63, 3.8) is 0 Å². The van der Waals surface area contributed by atoms with Crippen LogP contribution >= 0.6 is 0 Å². The molecule has 0 bridgehead atoms. The highest BCUT2D eigenvalue weighted by atomic mass is 16.5. The molecule has 1 aromatic carbocycles. The van der Waals surface area contributed by atoms with Gasteiger partial charge in [0.15, 0.2) is 0 Å². The van der Waals surface area contributed by atoms with E-state index in [1.807, 2.05) is 13.0 Å². The second-order valence-electron chi connectivity index (χ2n) is 6.08. The number of morpholine rings is 1. The first-order valence-electron chi connectivity index (χ1n) is 8.31. The molecule has 4 nitrogen and oxygen atoms in total. The molecule has 22 heavy (non-hydrogen) atoms. The van der Waals surface area contributed by atoms with Crippen LogP contribution in [0.25, 0.3) is 0 Å². The zero-order valence-electron chi connectivity index (χ0n) is 13.9. The Morgan fingerprint density at radius 1 is 1.32 bits per heavy atom. The molecule has 2 atom stereocenters. The van der Waals surface area contributed by atoms with E-state index in [1.54, 1.807) is 0 Å². The van der Waals surface area contributed by atoms with Crippen molar-refractivity contribution in [3.8, 4) is 0 Å². The van der Waals surface area contributed by atoms with E-state index in [-0.39, 0.29) is 23.5 Å². The fraction of sp³-hybridized carbons (Fsp3) is 0.611. The van der Waals surface area contributed by atoms with Crippen molar-refractivity contribution in [3.05, 3.63) is 35.9 Å². The highest BCUT2D eigenvalue weighted by Gasteiger charge is 2.32. The largest absolute Gasteiger partial charge is 0.375 e. The highest BCUT2D eigenvalue weighted by molar-refractivity contribution is 5.82. The number of carbonyl (C=O) groups excluding carboxylic acids is 1. The van der Waals surface area contributed by atoms with Crippen LogP contribution < -0.4 is 10.6 Å². The molecule has 1 fully saturated rings. The van der Waals surface area contributed by atoms with Crippen LogP contribution in [-0.2, 0) is 14.9 Å². The molecule has 1 aromatic rings. The van der Waals surface area contributed by atoms with E-state index in [9.17, 15) is 4.79 Å². The van der Waals surface area contributed by atoms with Crippen LogP contribution in [0.15, 0.2) is 30.3 Å². The molecule has 0 aliphatic carbocycles. The second-order valence-corrected chi connectivity index (χ2v) is 6.08. The van der Waals surface area contributed by atoms with Gasteiger partial charge in [0.2, 0.25) is 5.91 Å². The van der Waals surface area contributed by atoms with Crippen LogP contribution in [0.4, 0.5) is 0 Å². The minimum Gasteiger partial charge on any atom is -0.375 e. The SMILES string of the molecule is CCC(CC)(CNC(=O)[C@H]1NCCO[C@@H]1C)c1ccccc1. The van der Waals surface area contributed by atoms with Crippen molar-refractivity contribution in [1.29, 1.82) is 0 Å². The van der Waals surface area contributed by atoms with Crippen LogP contribution in [0.1, 0.15) is 39.2 Å². The highest BCUT2D eigenvalue weighted by Crippen LogP contribution is 2.30. The number of rotatable bonds is 6. The summed E-state index contributed by atoms with van der Waals surface area (Å²) < 4.78 is 5.56. The van der Waals surface area contributed by atoms with E-state index >= 15 is 0 Å². The minimum absolute atomic E-state index is 0.00428. The summed E-state index contributed by atoms with van der Waals surface area (Å²) in [6.07, 6.45) is 1.92. The molecule has 2 rings (SSSR count). The lowest BCUT2D eigenvalue weighted by atomic mass is 9.75. The minimum atomic E-state index is -0.254. The van der Waals surface area contributed by atoms with Crippen LogP contribution in [0.2, 0.25) is 0 Å². The first-order valence-corrected chi connectivity index (χ1v) is 8.31. The molecule has 1 aliphatic rings. The zero-order chi connectivity index (χ0) is 16.0. The lowest BCUT2D eigenvalue weighted by Gasteiger charge is -2.35. The monoisotopic (exact) mass is 304 g/mol. The number of nitrogens with one attached hydrogen (secondary N) is 2. The fourth-order valence-corrected chi connectivity index (χ4v) is 3.20. The topological polar surface area (TPSA) is 50.4 Å². The van der Waals surface area contributed by atoms with Gasteiger partial charge in [0.1, 0.15) is 6.04 Å². The van der Waals surface area contributed by atoms with Gasteiger partial charge < -0.3 is 15.4 Å². The molecule has 0 saturated carbocycles. The van der Waals surface area contributed by atoms with Crippen LogP contribution in [0.3, 0.4) is 0 Å². The zero-order valence-corrected chi connectivity index (χ0v) is 13.9. The normalized spacial score (nSPS) is 22.3. The molecular formula is C18H28N2O2. The maximum Gasteiger partial charge on any atom is 0.239 e. The van der Waals surface area contributed by atoms with Crippen molar-refractivity contribution in [2.75, 3.05) is 19.7 Å². The summed E-state index contributed by atoms with van der Waals surface area (Å²) in [5.41, 5.74) is 1.29. The maximum atomic E-state index is 12.5. The van der Waals surface area contributed by atoms with Crippen molar-refractivity contribution in [2.45, 2.75) is 51.2 Å². The lowest BCUT2D eigenvalue weighted by Crippen LogP contribution is -2.56. The number of hydrogen-bond donors (Lipinski definition) is 2. The smallest absolute Gasteiger partial charge is 0.239 e. The predicted molar refractivity (Wildman–Crippen MR) is 88.9 cm³/mol. The van der Waals surface area contributed by atoms with Gasteiger partial charge in [-0.3, -0.25) is 4.79 Å². The maximum absolute atomic E-state index is 12.5. The summed E-state index contributed by atoms with van der Waals surface area (Å²) in [5.74, 6) is 0.0365. The summed E-state index contributed by atoms with van der Waals surface area (Å²) >= 11 is 0. The third kappa shape index (κ3) is 3.68. The van der Waals surface area contributed by atoms with Gasteiger partial charge in [0.25, 0.3) is 0 Å². The lowest BCUT2D eigenvalue weighted by molar-refractivity contribution is -0.129. The Hall–Kier alpha value is -1.39. The second kappa shape index (κ2) is 7.75. The Labute approximate surface area is 133 Å². The number of hydrogen-bond acceptors (Lipinski definition) is 3. The Morgan fingerprint density at radius 3 is 2.59 bits per heavy atom. The van der Waals surface area contributed by atoms with Crippen molar-refractivity contribution >= 4 is 5.91 Å². The summed E-state index contributed by atoms with van der Waals surface area (Å²) in [5, 5.41) is 6.39. The van der Waals surface area contributed by atoms with Gasteiger partial charge in [-0.1, -0.05) is 44.2 Å². The van der Waals surface area contributed by atoms with Gasteiger partial charge in [-0.15, -0.1) is 0 Å². The molecule has 2 N–H and O–H groups in total. The van der Waals surface area contributed by atoms with E-state index in [4.69, 9.17) is 4.74 Å². The molecule has 1 aliphatic heterocycles. The van der Waals surface area contributed by atoms with E-state index in [0.29, 0.717) is 13.2 Å². The van der Waals surface area contributed by atoms with Crippen molar-refractivity contribution in [2.24, 2.45) is 0 Å². The third-order valence-corrected chi connectivity index (χ3v) is 4.94. The molecule has 1 saturated heterocycles. The Kier molecular flexibility index (Phi) is 5.98. The van der Waals surface area contributed by atoms with Gasteiger partial charge in [-0.25, -0.2) is 0 Å². The van der Waals surface area contributed by atoms with Gasteiger partial charge in [-0.05, 0) is 25.3 Å². The van der Waals surface area contributed by atoms with E-state index in [1.165, 1.54) is 5.56 Å². The van der Waals surface area contributed by atoms with Gasteiger partial charge in [-0.2, -0.15) is 0 Å². The molecule has 0 unspecified atom stereocenters. The summed E-state index contributed by atoms with van der Waals surface area (Å²) in [4.78, 5) is 12.5. The summed E-state index contributed by atoms with van der Waals surface area (Å²) in [7, 11) is 0. The van der Waals surface area contributed by atoms with E-state index in [0.717, 1.165) is 19.4 Å². The van der Waals surface area contributed by atoms with Crippen molar-refractivity contribution in [1.82, 2.24) is 10.6 Å². The molecule has 122 valence electrons. The standard InChI is InChI=1S/C18H28N2O2/c1-4-18(5-2,15-9-7-6-8-10-15)13-20-17(21)16-14(3)22-12-11-19-16/h6-10,14,16,19H,4-5,11-13H2,1-3H3,(H,20,21)/t14-,16+/m1/s1. The first kappa shape index (κ1) is 17.0. The van der Waals surface area contributed by atoms with Crippen LogP contribution in [-0.4, -0.2) is 37.7 Å². The molecular weight excluding hydrogens is 276 g/mol. The fourth-order valence-electron chi connectivity index (χ4n) is 3.20. The van der Waals surface area contributed by atoms with Crippen LogP contribution in [0, 0.1) is 0 Å². The van der Waals surface area contributed by atoms with E-state index < -0.39 is 0 Å². The Balaban J connectivity index is 2.04. The molecule has 0 radical (unpaired) electrons. The molecule has 0 aromatic heterocycles. The van der Waals surface area contributed by atoms with Gasteiger partial charge >= 0.3 is 0 Å². The van der Waals surface area contributed by atoms with Crippen LogP contribution in [0.5, 0.6) is 0 Å². The number of amides is 1. The summed E-state index contributed by atoms with van der Waals surface area (Å²) in [6.45, 7) is 8.38. The average Bonchev–Trinajstić information content (AvgIpc) is 2.57. The third-order valence-electron chi connectivity index (χ3n) is 4.94. The molecule has 0 spiro atoms. The Bertz CT molecular complexity index is 471. The first-order chi connectivity index (χ1) is 10.6. The molecule has 4 heteroatoms. The van der Waals surface area contributed by atoms with Gasteiger partial charge in [0, 0.05) is 18.5 Å². The quantitative estimate of drug-likeness (QED) is 0.847. The number of ether oxygens (including phenoxy) is 1. The number of carbonyl (C=O) groups is 1.